The number of para-hydroxylation sites is 1. The number of benzene rings is 11. The Morgan fingerprint density at radius 2 is 0.728 bits per heavy atom. The van der Waals surface area contributed by atoms with Crippen molar-refractivity contribution in [2.75, 3.05) is 4.90 Å². The molecule has 4 aliphatic carbocycles. The summed E-state index contributed by atoms with van der Waals surface area (Å²) in [6, 6.07) is 96.7. The average molecular weight is 1040 g/mol. The van der Waals surface area contributed by atoms with E-state index in [1.165, 1.54) is 181 Å². The Morgan fingerprint density at radius 1 is 0.309 bits per heavy atom. The predicted molar refractivity (Wildman–Crippen MR) is 340 cm³/mol. The summed E-state index contributed by atoms with van der Waals surface area (Å²) in [5, 5.41) is 2.82. The van der Waals surface area contributed by atoms with E-state index < -0.39 is 5.41 Å². The van der Waals surface area contributed by atoms with Gasteiger partial charge in [0, 0.05) is 33.4 Å². The molecule has 2 heteroatoms. The van der Waals surface area contributed by atoms with Crippen LogP contribution in [-0.4, -0.2) is 4.57 Å². The van der Waals surface area contributed by atoms with Crippen molar-refractivity contribution in [3.63, 3.8) is 0 Å². The van der Waals surface area contributed by atoms with E-state index in [1.54, 1.807) is 0 Å². The summed E-state index contributed by atoms with van der Waals surface area (Å²) in [7, 11) is 0. The van der Waals surface area contributed by atoms with Gasteiger partial charge in [0.25, 0.3) is 0 Å². The second kappa shape index (κ2) is 19.7. The molecule has 0 N–H and O–H groups in total. The number of rotatable bonds is 9. The van der Waals surface area contributed by atoms with Gasteiger partial charge in [0.1, 0.15) is 0 Å². The number of aromatic nitrogens is 1. The Balaban J connectivity index is 0.742. The van der Waals surface area contributed by atoms with Gasteiger partial charge in [-0.15, -0.1) is 0 Å². The number of hydrogen-bond donors (Lipinski definition) is 0. The molecule has 16 rings (SSSR count). The van der Waals surface area contributed by atoms with Crippen LogP contribution in [-0.2, 0) is 5.41 Å². The van der Waals surface area contributed by atoms with Gasteiger partial charge in [-0.25, -0.2) is 0 Å². The maximum Gasteiger partial charge on any atom is 0.0726 e. The summed E-state index contributed by atoms with van der Waals surface area (Å²) in [4.78, 5) is 2.48. The summed E-state index contributed by atoms with van der Waals surface area (Å²) < 4.78 is 2.52. The fourth-order valence-electron chi connectivity index (χ4n) is 15.4. The Bertz CT molecular complexity index is 4200. The predicted octanol–water partition coefficient (Wildman–Crippen LogP) is 21.7. The van der Waals surface area contributed by atoms with Crippen molar-refractivity contribution >= 4 is 38.9 Å². The van der Waals surface area contributed by atoms with Gasteiger partial charge in [-0.05, 0) is 188 Å². The molecule has 11 aromatic carbocycles. The standard InChI is InChI=1S/C79H64N2/c1-4-18-53(19-5-1)60-40-48-77-70(50-60)71-51-61(54-20-6-2-7-21-54)41-49-78(71)81(77)63-44-38-58(39-45-63)56-34-32-55(33-35-56)57-36-42-62(43-37-57)80(76-31-17-13-24-65(76)59-22-8-3-9-23-59)64-46-47-69-68-27-12-16-30-74(68)79(75(69)52-64)72-28-14-10-25-66(72)67-26-11-15-29-73(67)79/h3,8-17,22-54H,1-2,4-7,18-21H2. The lowest BCUT2D eigenvalue weighted by molar-refractivity contribution is 0.444. The largest absolute Gasteiger partial charge is 0.310 e. The van der Waals surface area contributed by atoms with Crippen molar-refractivity contribution in [2.45, 2.75) is 81.5 Å². The normalized spacial score (nSPS) is 15.4. The molecule has 81 heavy (non-hydrogen) atoms. The number of nitrogens with zero attached hydrogens (tertiary/aromatic N) is 2. The smallest absolute Gasteiger partial charge is 0.0726 e. The quantitative estimate of drug-likeness (QED) is 0.140. The number of anilines is 3. The van der Waals surface area contributed by atoms with E-state index in [2.05, 4.69) is 264 Å². The van der Waals surface area contributed by atoms with E-state index >= 15 is 0 Å². The van der Waals surface area contributed by atoms with Crippen LogP contribution in [0.3, 0.4) is 0 Å². The average Bonchev–Trinajstić information content (AvgIpc) is 2.59. The van der Waals surface area contributed by atoms with Gasteiger partial charge < -0.3 is 9.47 Å². The minimum atomic E-state index is -0.443. The Kier molecular flexibility index (Phi) is 11.7. The van der Waals surface area contributed by atoms with E-state index in [0.717, 1.165) is 17.1 Å². The molecule has 2 saturated carbocycles. The molecule has 390 valence electrons. The van der Waals surface area contributed by atoms with Crippen molar-refractivity contribution in [1.82, 2.24) is 4.57 Å². The molecule has 0 bridgehead atoms. The van der Waals surface area contributed by atoms with Crippen LogP contribution in [0.15, 0.2) is 255 Å². The SMILES string of the molecule is c1ccc(-c2ccccc2N(c2ccc(-c3ccc(-c4ccc(-n5c6ccc(C7CCCCC7)cc6c6cc(C7CCCCC7)ccc65)cc4)cc3)cc2)c2ccc3c(c2)C2(c4ccccc4-c4ccccc42)c2ccccc2-3)cc1. The van der Waals surface area contributed by atoms with Crippen molar-refractivity contribution < 1.29 is 0 Å². The monoisotopic (exact) mass is 1040 g/mol. The van der Waals surface area contributed by atoms with Crippen LogP contribution in [0.25, 0.3) is 83.1 Å². The van der Waals surface area contributed by atoms with Crippen LogP contribution in [0, 0.1) is 0 Å². The highest BCUT2D eigenvalue weighted by molar-refractivity contribution is 6.10. The van der Waals surface area contributed by atoms with Gasteiger partial charge in [-0.2, -0.15) is 0 Å². The zero-order valence-electron chi connectivity index (χ0n) is 45.9. The summed E-state index contributed by atoms with van der Waals surface area (Å²) >= 11 is 0. The van der Waals surface area contributed by atoms with E-state index in [0.29, 0.717) is 11.8 Å². The van der Waals surface area contributed by atoms with E-state index in [1.807, 2.05) is 0 Å². The lowest BCUT2D eigenvalue weighted by Crippen LogP contribution is -2.26. The summed E-state index contributed by atoms with van der Waals surface area (Å²) in [6.45, 7) is 0. The first-order valence-electron chi connectivity index (χ1n) is 30.0. The summed E-state index contributed by atoms with van der Waals surface area (Å²) in [6.07, 6.45) is 13.4. The van der Waals surface area contributed by atoms with Crippen molar-refractivity contribution in [3.8, 4) is 61.3 Å². The Morgan fingerprint density at radius 3 is 1.25 bits per heavy atom. The molecule has 0 unspecified atom stereocenters. The molecule has 0 amide bonds. The first kappa shape index (κ1) is 48.0. The maximum atomic E-state index is 2.57. The van der Waals surface area contributed by atoms with E-state index in [-0.39, 0.29) is 0 Å². The highest BCUT2D eigenvalue weighted by atomic mass is 15.1. The van der Waals surface area contributed by atoms with Gasteiger partial charge in [0.15, 0.2) is 0 Å². The highest BCUT2D eigenvalue weighted by Crippen LogP contribution is 2.63. The molecule has 1 spiro atoms. The Hall–Kier alpha value is -8.98. The maximum absolute atomic E-state index is 2.57. The van der Waals surface area contributed by atoms with Gasteiger partial charge >= 0.3 is 0 Å². The summed E-state index contributed by atoms with van der Waals surface area (Å²) in [5.41, 5.74) is 27.6. The molecular weight excluding hydrogens is 977 g/mol. The molecule has 1 heterocycles. The van der Waals surface area contributed by atoms with Crippen molar-refractivity contribution in [3.05, 3.63) is 288 Å². The van der Waals surface area contributed by atoms with Crippen LogP contribution >= 0.6 is 0 Å². The third-order valence-corrected chi connectivity index (χ3v) is 19.2. The Labute approximate surface area is 476 Å². The van der Waals surface area contributed by atoms with Crippen molar-refractivity contribution in [2.24, 2.45) is 0 Å². The zero-order chi connectivity index (χ0) is 53.4. The molecule has 0 aliphatic heterocycles. The van der Waals surface area contributed by atoms with Crippen LogP contribution in [0.4, 0.5) is 17.1 Å². The molecule has 2 fully saturated rings. The summed E-state index contributed by atoms with van der Waals surface area (Å²) in [5.74, 6) is 1.35. The fourth-order valence-corrected chi connectivity index (χ4v) is 15.4. The molecule has 0 radical (unpaired) electrons. The van der Waals surface area contributed by atoms with Gasteiger partial charge in [0.2, 0.25) is 0 Å². The molecular formula is C79H64N2. The van der Waals surface area contributed by atoms with Crippen molar-refractivity contribution in [1.29, 1.82) is 0 Å². The van der Waals surface area contributed by atoms with Crippen LogP contribution in [0.5, 0.6) is 0 Å². The fraction of sp³-hybridized carbons (Fsp3) is 0.165. The minimum absolute atomic E-state index is 0.443. The molecule has 12 aromatic rings. The van der Waals surface area contributed by atoms with Crippen LogP contribution in [0.1, 0.15) is 109 Å². The van der Waals surface area contributed by atoms with Gasteiger partial charge in [-0.3, -0.25) is 0 Å². The van der Waals surface area contributed by atoms with Crippen LogP contribution < -0.4 is 4.90 Å². The number of hydrogen-bond acceptors (Lipinski definition) is 1. The lowest BCUT2D eigenvalue weighted by atomic mass is 9.70. The van der Waals surface area contributed by atoms with Crippen LogP contribution in [0.2, 0.25) is 0 Å². The first-order chi connectivity index (χ1) is 40.2. The molecule has 2 nitrogen and oxygen atoms in total. The molecule has 0 atom stereocenters. The second-order valence-electron chi connectivity index (χ2n) is 23.6. The minimum Gasteiger partial charge on any atom is -0.310 e. The molecule has 1 aromatic heterocycles. The highest BCUT2D eigenvalue weighted by Gasteiger charge is 2.51. The number of fused-ring (bicyclic) bond motifs is 13. The third-order valence-electron chi connectivity index (χ3n) is 19.2. The van der Waals surface area contributed by atoms with Gasteiger partial charge in [0.05, 0.1) is 22.1 Å². The lowest BCUT2D eigenvalue weighted by Gasteiger charge is -2.32. The molecule has 4 aliphatic rings. The zero-order valence-corrected chi connectivity index (χ0v) is 45.9. The van der Waals surface area contributed by atoms with E-state index in [4.69, 9.17) is 0 Å². The topological polar surface area (TPSA) is 8.17 Å². The third kappa shape index (κ3) is 7.82. The first-order valence-corrected chi connectivity index (χ1v) is 30.0. The van der Waals surface area contributed by atoms with Gasteiger partial charge in [-0.1, -0.05) is 227 Å². The van der Waals surface area contributed by atoms with E-state index in [9.17, 15) is 0 Å². The molecule has 0 saturated heterocycles. The second-order valence-corrected chi connectivity index (χ2v) is 23.6.